The summed E-state index contributed by atoms with van der Waals surface area (Å²) in [4.78, 5) is 24.8. The van der Waals surface area contributed by atoms with Crippen LogP contribution in [0.15, 0.2) is 54.6 Å². The van der Waals surface area contributed by atoms with Gasteiger partial charge in [-0.25, -0.2) is 0 Å². The summed E-state index contributed by atoms with van der Waals surface area (Å²) in [5, 5.41) is 10.6. The molecule has 0 bridgehead atoms. The van der Waals surface area contributed by atoms with Crippen molar-refractivity contribution in [3.05, 3.63) is 75.8 Å². The predicted molar refractivity (Wildman–Crippen MR) is 99.0 cm³/mol. The van der Waals surface area contributed by atoms with Crippen molar-refractivity contribution in [2.24, 2.45) is 0 Å². The average Bonchev–Trinajstić information content (AvgIpc) is 2.67. The maximum atomic E-state index is 12.3. The largest absolute Gasteiger partial charge is 0.372 e. The van der Waals surface area contributed by atoms with Gasteiger partial charge >= 0.3 is 0 Å². The average molecular weight is 336 g/mol. The van der Waals surface area contributed by atoms with Crippen LogP contribution in [0.1, 0.15) is 35.2 Å². The van der Waals surface area contributed by atoms with Crippen molar-refractivity contribution in [3.63, 3.8) is 0 Å². The second-order valence-electron chi connectivity index (χ2n) is 6.14. The molecule has 1 fully saturated rings. The number of nitrogens with zero attached hydrogens (tertiary/aromatic N) is 2. The molecule has 0 atom stereocenters. The lowest BCUT2D eigenvalue weighted by Gasteiger charge is -2.28. The topological polar surface area (TPSA) is 63.4 Å². The van der Waals surface area contributed by atoms with Crippen molar-refractivity contribution < 1.29 is 9.72 Å². The lowest BCUT2D eigenvalue weighted by atomic mass is 10.1. The van der Waals surface area contributed by atoms with Crippen LogP contribution in [-0.4, -0.2) is 23.8 Å². The van der Waals surface area contributed by atoms with Crippen molar-refractivity contribution >= 4 is 23.2 Å². The van der Waals surface area contributed by atoms with Crippen molar-refractivity contribution in [2.75, 3.05) is 18.0 Å². The molecule has 0 spiro atoms. The Kier molecular flexibility index (Phi) is 5.23. The highest BCUT2D eigenvalue weighted by Crippen LogP contribution is 2.20. The zero-order valence-corrected chi connectivity index (χ0v) is 13.9. The second-order valence-corrected chi connectivity index (χ2v) is 6.14. The van der Waals surface area contributed by atoms with Crippen molar-refractivity contribution in [2.45, 2.75) is 19.3 Å². The number of rotatable bonds is 5. The third-order valence-corrected chi connectivity index (χ3v) is 4.40. The van der Waals surface area contributed by atoms with Crippen LogP contribution in [0.25, 0.3) is 6.08 Å². The molecule has 3 rings (SSSR count). The van der Waals surface area contributed by atoms with Crippen molar-refractivity contribution in [1.29, 1.82) is 0 Å². The molecular weight excluding hydrogens is 316 g/mol. The molecule has 2 aromatic rings. The van der Waals surface area contributed by atoms with E-state index in [1.807, 2.05) is 24.3 Å². The van der Waals surface area contributed by atoms with Gasteiger partial charge in [0.25, 0.3) is 5.69 Å². The smallest absolute Gasteiger partial charge is 0.269 e. The highest BCUT2D eigenvalue weighted by atomic mass is 16.6. The van der Waals surface area contributed by atoms with Gasteiger partial charge in [0, 0.05) is 36.5 Å². The number of benzene rings is 2. The van der Waals surface area contributed by atoms with E-state index >= 15 is 0 Å². The molecule has 0 saturated carbocycles. The van der Waals surface area contributed by atoms with E-state index in [9.17, 15) is 14.9 Å². The minimum absolute atomic E-state index is 0.0387. The molecule has 0 radical (unpaired) electrons. The Labute approximate surface area is 146 Å². The first-order valence-electron chi connectivity index (χ1n) is 8.45. The second kappa shape index (κ2) is 7.75. The summed E-state index contributed by atoms with van der Waals surface area (Å²) in [6.07, 6.45) is 6.90. The number of non-ortho nitro benzene ring substituents is 1. The summed E-state index contributed by atoms with van der Waals surface area (Å²) in [6.45, 7) is 2.15. The number of carbonyl (C=O) groups excluding carboxylic acids is 1. The monoisotopic (exact) mass is 336 g/mol. The molecule has 1 aliphatic rings. The van der Waals surface area contributed by atoms with Gasteiger partial charge in [0.15, 0.2) is 5.78 Å². The van der Waals surface area contributed by atoms with Crippen LogP contribution in [0.4, 0.5) is 11.4 Å². The van der Waals surface area contributed by atoms with Crippen LogP contribution in [0.2, 0.25) is 0 Å². The van der Waals surface area contributed by atoms with Gasteiger partial charge in [0.05, 0.1) is 4.92 Å². The van der Waals surface area contributed by atoms with E-state index in [1.165, 1.54) is 37.5 Å². The van der Waals surface area contributed by atoms with E-state index in [1.54, 1.807) is 18.2 Å². The fourth-order valence-electron chi connectivity index (χ4n) is 2.96. The van der Waals surface area contributed by atoms with Crippen molar-refractivity contribution in [1.82, 2.24) is 0 Å². The Morgan fingerprint density at radius 2 is 1.60 bits per heavy atom. The summed E-state index contributed by atoms with van der Waals surface area (Å²) in [7, 11) is 0. The molecule has 0 aliphatic carbocycles. The molecule has 1 heterocycles. The standard InChI is InChI=1S/C20H20N2O3/c23-20(13-6-16-4-9-19(10-5-16)22(24)25)17-7-11-18(12-8-17)21-14-2-1-3-15-21/h4-13H,1-3,14-15H2. The van der Waals surface area contributed by atoms with Gasteiger partial charge in [0.1, 0.15) is 0 Å². The van der Waals surface area contributed by atoms with Gasteiger partial charge in [-0.05, 0) is 67.3 Å². The molecular formula is C20H20N2O3. The van der Waals surface area contributed by atoms with Crippen LogP contribution in [-0.2, 0) is 0 Å². The molecule has 128 valence electrons. The highest BCUT2D eigenvalue weighted by molar-refractivity contribution is 6.07. The van der Waals surface area contributed by atoms with Crippen LogP contribution in [0.5, 0.6) is 0 Å². The molecule has 1 saturated heterocycles. The molecule has 0 aromatic heterocycles. The first-order valence-corrected chi connectivity index (χ1v) is 8.45. The SMILES string of the molecule is O=C(C=Cc1ccc([N+](=O)[O-])cc1)c1ccc(N2CCCCC2)cc1. The van der Waals surface area contributed by atoms with Crippen LogP contribution in [0.3, 0.4) is 0 Å². The van der Waals surface area contributed by atoms with Gasteiger partial charge in [-0.15, -0.1) is 0 Å². The van der Waals surface area contributed by atoms with Gasteiger partial charge in [-0.3, -0.25) is 14.9 Å². The number of hydrogen-bond acceptors (Lipinski definition) is 4. The molecule has 1 aliphatic heterocycles. The number of carbonyl (C=O) groups is 1. The summed E-state index contributed by atoms with van der Waals surface area (Å²) in [5.74, 6) is -0.0800. The third-order valence-electron chi connectivity index (χ3n) is 4.40. The predicted octanol–water partition coefficient (Wildman–Crippen LogP) is 4.48. The Morgan fingerprint density at radius 1 is 0.960 bits per heavy atom. The summed E-state index contributed by atoms with van der Waals surface area (Å²) >= 11 is 0. The zero-order chi connectivity index (χ0) is 17.6. The normalized spacial score (nSPS) is 14.6. The van der Waals surface area contributed by atoms with E-state index < -0.39 is 4.92 Å². The van der Waals surface area contributed by atoms with E-state index in [2.05, 4.69) is 4.90 Å². The molecule has 5 nitrogen and oxygen atoms in total. The van der Waals surface area contributed by atoms with Crippen molar-refractivity contribution in [3.8, 4) is 0 Å². The number of hydrogen-bond donors (Lipinski definition) is 0. The number of ketones is 1. The molecule has 0 N–H and O–H groups in total. The first kappa shape index (κ1) is 16.9. The number of nitro groups is 1. The number of piperidine rings is 1. The third kappa shape index (κ3) is 4.32. The van der Waals surface area contributed by atoms with Gasteiger partial charge in [-0.1, -0.05) is 6.08 Å². The Morgan fingerprint density at radius 3 is 2.20 bits per heavy atom. The summed E-state index contributed by atoms with van der Waals surface area (Å²) < 4.78 is 0. The van der Waals surface area contributed by atoms with E-state index in [0.717, 1.165) is 24.3 Å². The fourth-order valence-corrected chi connectivity index (χ4v) is 2.96. The quantitative estimate of drug-likeness (QED) is 0.349. The Hall–Kier alpha value is -2.95. The van der Waals surface area contributed by atoms with E-state index in [0.29, 0.717) is 5.56 Å². The van der Waals surface area contributed by atoms with Crippen LogP contribution in [0, 0.1) is 10.1 Å². The fraction of sp³-hybridized carbons (Fsp3) is 0.250. The molecule has 0 unspecified atom stereocenters. The minimum Gasteiger partial charge on any atom is -0.372 e. The molecule has 5 heteroatoms. The Bertz CT molecular complexity index is 774. The van der Waals surface area contributed by atoms with Gasteiger partial charge in [0.2, 0.25) is 0 Å². The summed E-state index contributed by atoms with van der Waals surface area (Å²) in [5.41, 5.74) is 2.59. The number of allylic oxidation sites excluding steroid dienone is 1. The number of nitro benzene ring substituents is 1. The lowest BCUT2D eigenvalue weighted by Crippen LogP contribution is -2.29. The number of anilines is 1. The molecule has 2 aromatic carbocycles. The molecule has 25 heavy (non-hydrogen) atoms. The maximum Gasteiger partial charge on any atom is 0.269 e. The van der Waals surface area contributed by atoms with Gasteiger partial charge in [-0.2, -0.15) is 0 Å². The lowest BCUT2D eigenvalue weighted by molar-refractivity contribution is -0.384. The molecule has 0 amide bonds. The Balaban J connectivity index is 1.65. The van der Waals surface area contributed by atoms with Gasteiger partial charge < -0.3 is 4.90 Å². The zero-order valence-electron chi connectivity index (χ0n) is 13.9. The first-order chi connectivity index (χ1) is 12.1. The van der Waals surface area contributed by atoms with Crippen LogP contribution >= 0.6 is 0 Å². The summed E-state index contributed by atoms with van der Waals surface area (Å²) in [6, 6.07) is 13.8. The van der Waals surface area contributed by atoms with E-state index in [4.69, 9.17) is 0 Å². The van der Waals surface area contributed by atoms with Crippen LogP contribution < -0.4 is 4.90 Å². The van der Waals surface area contributed by atoms with E-state index in [-0.39, 0.29) is 11.5 Å². The maximum absolute atomic E-state index is 12.3. The minimum atomic E-state index is -0.442. The highest BCUT2D eigenvalue weighted by Gasteiger charge is 2.11.